The van der Waals surface area contributed by atoms with Crippen molar-refractivity contribution in [2.24, 2.45) is 0 Å². The van der Waals surface area contributed by atoms with Crippen LogP contribution in [0.4, 0.5) is 0 Å². The standard InChI is InChI=1S/C19H16N4O3/c1-11-5-3-7-14-12(2)16(25-15(11)14)17-22-19(26-23-17)18(24)21-10-13-6-4-8-20-9-13/h3-9H,10H2,1-2H3,(H,21,24). The van der Waals surface area contributed by atoms with Gasteiger partial charge in [0.1, 0.15) is 5.58 Å². The second-order valence-electron chi connectivity index (χ2n) is 5.97. The molecule has 0 aliphatic heterocycles. The molecule has 0 fully saturated rings. The van der Waals surface area contributed by atoms with Crippen LogP contribution in [-0.2, 0) is 6.54 Å². The number of carbonyl (C=O) groups is 1. The molecule has 0 aliphatic carbocycles. The lowest BCUT2D eigenvalue weighted by Crippen LogP contribution is -2.23. The van der Waals surface area contributed by atoms with Gasteiger partial charge in [-0.3, -0.25) is 9.78 Å². The Morgan fingerprint density at radius 2 is 2.08 bits per heavy atom. The SMILES string of the molecule is Cc1c(-c2noc(C(=O)NCc3cccnc3)n2)oc2c(C)cccc12. The van der Waals surface area contributed by atoms with Gasteiger partial charge in [-0.1, -0.05) is 29.4 Å². The van der Waals surface area contributed by atoms with Crippen molar-refractivity contribution in [1.82, 2.24) is 20.4 Å². The van der Waals surface area contributed by atoms with Gasteiger partial charge in [-0.2, -0.15) is 4.98 Å². The number of carbonyl (C=O) groups excluding carboxylic acids is 1. The largest absolute Gasteiger partial charge is 0.452 e. The molecular weight excluding hydrogens is 332 g/mol. The van der Waals surface area contributed by atoms with Crippen molar-refractivity contribution in [3.63, 3.8) is 0 Å². The molecular formula is C19H16N4O3. The van der Waals surface area contributed by atoms with E-state index in [-0.39, 0.29) is 11.7 Å². The highest BCUT2D eigenvalue weighted by Crippen LogP contribution is 2.32. The van der Waals surface area contributed by atoms with Crippen molar-refractivity contribution in [3.05, 3.63) is 65.3 Å². The van der Waals surface area contributed by atoms with Crippen LogP contribution in [-0.4, -0.2) is 21.0 Å². The van der Waals surface area contributed by atoms with Gasteiger partial charge in [0.15, 0.2) is 5.76 Å². The molecule has 4 rings (SSSR count). The molecule has 4 aromatic rings. The van der Waals surface area contributed by atoms with Gasteiger partial charge in [0.25, 0.3) is 0 Å². The van der Waals surface area contributed by atoms with Crippen LogP contribution >= 0.6 is 0 Å². The van der Waals surface area contributed by atoms with E-state index in [0.29, 0.717) is 12.3 Å². The van der Waals surface area contributed by atoms with E-state index in [1.165, 1.54) is 0 Å². The normalized spacial score (nSPS) is 11.0. The minimum absolute atomic E-state index is 0.111. The lowest BCUT2D eigenvalue weighted by atomic mass is 10.1. The van der Waals surface area contributed by atoms with E-state index < -0.39 is 5.91 Å². The van der Waals surface area contributed by atoms with Crippen molar-refractivity contribution in [2.75, 3.05) is 0 Å². The van der Waals surface area contributed by atoms with Crippen LogP contribution in [0, 0.1) is 13.8 Å². The summed E-state index contributed by atoms with van der Waals surface area (Å²) in [5.74, 6) is 0.201. The Kier molecular flexibility index (Phi) is 3.96. The van der Waals surface area contributed by atoms with E-state index in [1.54, 1.807) is 18.5 Å². The molecule has 0 saturated heterocycles. The summed E-state index contributed by atoms with van der Waals surface area (Å²) in [6, 6.07) is 9.59. The van der Waals surface area contributed by atoms with Crippen LogP contribution < -0.4 is 5.32 Å². The summed E-state index contributed by atoms with van der Waals surface area (Å²) in [6.45, 7) is 4.23. The fourth-order valence-electron chi connectivity index (χ4n) is 2.77. The van der Waals surface area contributed by atoms with Crippen LogP contribution in [0.15, 0.2) is 51.7 Å². The molecule has 7 nitrogen and oxygen atoms in total. The third-order valence-corrected chi connectivity index (χ3v) is 4.16. The number of benzene rings is 1. The molecule has 0 bridgehead atoms. The average molecular weight is 348 g/mol. The second kappa shape index (κ2) is 6.44. The summed E-state index contributed by atoms with van der Waals surface area (Å²) in [5, 5.41) is 7.61. The van der Waals surface area contributed by atoms with E-state index in [2.05, 4.69) is 20.4 Å². The van der Waals surface area contributed by atoms with E-state index >= 15 is 0 Å². The second-order valence-corrected chi connectivity index (χ2v) is 5.97. The summed E-state index contributed by atoms with van der Waals surface area (Å²) in [6.07, 6.45) is 3.35. The molecule has 0 saturated carbocycles. The highest BCUT2D eigenvalue weighted by molar-refractivity contribution is 5.91. The summed E-state index contributed by atoms with van der Waals surface area (Å²) in [7, 11) is 0. The Morgan fingerprint density at radius 3 is 2.85 bits per heavy atom. The first-order valence-electron chi connectivity index (χ1n) is 8.13. The van der Waals surface area contributed by atoms with Gasteiger partial charge in [-0.25, -0.2) is 0 Å². The third-order valence-electron chi connectivity index (χ3n) is 4.16. The number of aromatic nitrogens is 3. The number of aryl methyl sites for hydroxylation is 2. The van der Waals surface area contributed by atoms with Crippen molar-refractivity contribution >= 4 is 16.9 Å². The lowest BCUT2D eigenvalue weighted by Gasteiger charge is -2.00. The van der Waals surface area contributed by atoms with Gasteiger partial charge in [0.05, 0.1) is 0 Å². The van der Waals surface area contributed by atoms with Gasteiger partial charge in [0, 0.05) is 29.9 Å². The van der Waals surface area contributed by atoms with E-state index in [0.717, 1.165) is 27.7 Å². The molecule has 1 N–H and O–H groups in total. The molecule has 26 heavy (non-hydrogen) atoms. The lowest BCUT2D eigenvalue weighted by molar-refractivity contribution is 0.0907. The predicted octanol–water partition coefficient (Wildman–Crippen LogP) is 3.42. The molecule has 0 unspecified atom stereocenters. The van der Waals surface area contributed by atoms with Crippen molar-refractivity contribution in [3.8, 4) is 11.6 Å². The zero-order valence-corrected chi connectivity index (χ0v) is 14.3. The van der Waals surface area contributed by atoms with Crippen LogP contribution in [0.25, 0.3) is 22.6 Å². The minimum atomic E-state index is -0.447. The Balaban J connectivity index is 1.57. The molecule has 130 valence electrons. The first-order valence-corrected chi connectivity index (χ1v) is 8.13. The fraction of sp³-hybridized carbons (Fsp3) is 0.158. The third kappa shape index (κ3) is 2.83. The Morgan fingerprint density at radius 1 is 1.19 bits per heavy atom. The number of rotatable bonds is 4. The quantitative estimate of drug-likeness (QED) is 0.607. The molecule has 0 aliphatic rings. The molecule has 7 heteroatoms. The summed E-state index contributed by atoms with van der Waals surface area (Å²) < 4.78 is 11.0. The maximum absolute atomic E-state index is 12.2. The number of hydrogen-bond acceptors (Lipinski definition) is 6. The van der Waals surface area contributed by atoms with Crippen LogP contribution in [0.5, 0.6) is 0 Å². The van der Waals surface area contributed by atoms with Crippen molar-refractivity contribution in [1.29, 1.82) is 0 Å². The fourth-order valence-corrected chi connectivity index (χ4v) is 2.77. The Hall–Kier alpha value is -3.48. The number of amides is 1. The van der Waals surface area contributed by atoms with E-state index in [9.17, 15) is 4.79 Å². The zero-order chi connectivity index (χ0) is 18.1. The number of pyridine rings is 1. The zero-order valence-electron chi connectivity index (χ0n) is 14.3. The minimum Gasteiger partial charge on any atom is -0.452 e. The summed E-state index contributed by atoms with van der Waals surface area (Å²) in [5.41, 5.74) is 3.60. The number of furan rings is 1. The number of nitrogens with zero attached hydrogens (tertiary/aromatic N) is 3. The van der Waals surface area contributed by atoms with Gasteiger partial charge in [0.2, 0.25) is 5.82 Å². The van der Waals surface area contributed by atoms with Crippen LogP contribution in [0.2, 0.25) is 0 Å². The maximum atomic E-state index is 12.2. The molecule has 0 spiro atoms. The van der Waals surface area contributed by atoms with Crippen molar-refractivity contribution in [2.45, 2.75) is 20.4 Å². The van der Waals surface area contributed by atoms with Gasteiger partial charge < -0.3 is 14.3 Å². The maximum Gasteiger partial charge on any atom is 0.316 e. The number of hydrogen-bond donors (Lipinski definition) is 1. The molecule has 1 aromatic carbocycles. The van der Waals surface area contributed by atoms with Crippen molar-refractivity contribution < 1.29 is 13.7 Å². The van der Waals surface area contributed by atoms with E-state index in [1.807, 2.05) is 38.1 Å². The molecule has 0 radical (unpaired) electrons. The number of para-hydroxylation sites is 1. The monoisotopic (exact) mass is 348 g/mol. The van der Waals surface area contributed by atoms with E-state index in [4.69, 9.17) is 8.94 Å². The van der Waals surface area contributed by atoms with Crippen LogP contribution in [0.1, 0.15) is 27.4 Å². The highest BCUT2D eigenvalue weighted by atomic mass is 16.5. The molecule has 1 amide bonds. The smallest absolute Gasteiger partial charge is 0.316 e. The number of fused-ring (bicyclic) bond motifs is 1. The molecule has 0 atom stereocenters. The Bertz CT molecular complexity index is 1080. The first kappa shape index (κ1) is 16.0. The average Bonchev–Trinajstić information content (AvgIpc) is 3.27. The molecule has 3 aromatic heterocycles. The molecule has 3 heterocycles. The van der Waals surface area contributed by atoms with Gasteiger partial charge in [-0.05, 0) is 31.0 Å². The highest BCUT2D eigenvalue weighted by Gasteiger charge is 2.21. The predicted molar refractivity (Wildman–Crippen MR) is 94.4 cm³/mol. The summed E-state index contributed by atoms with van der Waals surface area (Å²) in [4.78, 5) is 20.4. The van der Waals surface area contributed by atoms with Gasteiger partial charge in [-0.15, -0.1) is 0 Å². The Labute approximate surface area is 149 Å². The van der Waals surface area contributed by atoms with Crippen LogP contribution in [0.3, 0.4) is 0 Å². The summed E-state index contributed by atoms with van der Waals surface area (Å²) >= 11 is 0. The first-order chi connectivity index (χ1) is 12.6. The topological polar surface area (TPSA) is 94.1 Å². The number of nitrogens with one attached hydrogen (secondary N) is 1. The van der Waals surface area contributed by atoms with Gasteiger partial charge >= 0.3 is 11.8 Å².